The summed E-state index contributed by atoms with van der Waals surface area (Å²) in [6.07, 6.45) is 6.59. The molecular weight excluding hydrogens is 332 g/mol. The van der Waals surface area contributed by atoms with Crippen LogP contribution in [-0.4, -0.2) is 41.0 Å². The van der Waals surface area contributed by atoms with Crippen molar-refractivity contribution in [3.05, 3.63) is 33.9 Å². The Balaban J connectivity index is 1.88. The molecule has 0 aliphatic carbocycles. The lowest BCUT2D eigenvalue weighted by Gasteiger charge is -2.39. The number of nitro benzene ring substituents is 1. The van der Waals surface area contributed by atoms with Crippen molar-refractivity contribution in [3.63, 3.8) is 0 Å². The van der Waals surface area contributed by atoms with Gasteiger partial charge in [0.25, 0.3) is 11.6 Å². The summed E-state index contributed by atoms with van der Waals surface area (Å²) in [6.45, 7) is 5.98. The van der Waals surface area contributed by atoms with E-state index in [2.05, 4.69) is 24.2 Å². The molecule has 1 amide bonds. The van der Waals surface area contributed by atoms with E-state index in [1.807, 2.05) is 5.01 Å². The van der Waals surface area contributed by atoms with E-state index in [9.17, 15) is 14.9 Å². The molecule has 3 rings (SSSR count). The van der Waals surface area contributed by atoms with Crippen molar-refractivity contribution in [2.45, 2.75) is 64.5 Å². The number of benzene rings is 1. The molecule has 142 valence electrons. The van der Waals surface area contributed by atoms with Crippen LogP contribution in [0, 0.1) is 10.1 Å². The van der Waals surface area contributed by atoms with Crippen molar-refractivity contribution < 1.29 is 9.72 Å². The first-order valence-corrected chi connectivity index (χ1v) is 9.60. The number of non-ortho nitro benzene ring substituents is 1. The highest BCUT2D eigenvalue weighted by atomic mass is 16.6. The van der Waals surface area contributed by atoms with Crippen LogP contribution in [0.25, 0.3) is 0 Å². The minimum Gasteiger partial charge on any atom is -0.371 e. The molecule has 26 heavy (non-hydrogen) atoms. The molecule has 7 nitrogen and oxygen atoms in total. The van der Waals surface area contributed by atoms with Crippen LogP contribution in [-0.2, 0) is 0 Å². The molecule has 1 aromatic rings. The zero-order chi connectivity index (χ0) is 18.7. The summed E-state index contributed by atoms with van der Waals surface area (Å²) >= 11 is 0. The minimum absolute atomic E-state index is 0.0457. The number of hydrazine groups is 1. The topological polar surface area (TPSA) is 78.7 Å². The van der Waals surface area contributed by atoms with E-state index in [-0.39, 0.29) is 23.7 Å². The van der Waals surface area contributed by atoms with E-state index in [1.165, 1.54) is 18.6 Å². The van der Waals surface area contributed by atoms with Crippen LogP contribution in [0.1, 0.15) is 62.7 Å². The van der Waals surface area contributed by atoms with Crippen LogP contribution in [0.2, 0.25) is 0 Å². The first kappa shape index (κ1) is 18.6. The second-order valence-electron chi connectivity index (χ2n) is 7.48. The van der Waals surface area contributed by atoms with Gasteiger partial charge in [0.2, 0.25) is 0 Å². The summed E-state index contributed by atoms with van der Waals surface area (Å²) < 4.78 is 0. The molecule has 0 saturated carbocycles. The van der Waals surface area contributed by atoms with E-state index in [0.717, 1.165) is 50.9 Å². The summed E-state index contributed by atoms with van der Waals surface area (Å²) in [5, 5.41) is 13.2. The predicted molar refractivity (Wildman–Crippen MR) is 101 cm³/mol. The Kier molecular flexibility index (Phi) is 5.76. The number of hydrogen-bond acceptors (Lipinski definition) is 5. The number of anilines is 1. The molecule has 7 heteroatoms. The Bertz CT molecular complexity index is 663. The molecule has 0 spiro atoms. The van der Waals surface area contributed by atoms with Crippen molar-refractivity contribution in [1.82, 2.24) is 10.4 Å². The molecule has 0 aromatic heterocycles. The third kappa shape index (κ3) is 3.98. The van der Waals surface area contributed by atoms with Gasteiger partial charge in [-0.3, -0.25) is 20.3 Å². The number of nitro groups is 1. The molecular formula is C19H28N4O3. The van der Waals surface area contributed by atoms with E-state index in [0.29, 0.717) is 5.56 Å². The maximum atomic E-state index is 13.0. The Morgan fingerprint density at radius 3 is 2.38 bits per heavy atom. The third-order valence-corrected chi connectivity index (χ3v) is 5.56. The number of nitrogens with one attached hydrogen (secondary N) is 1. The molecule has 2 atom stereocenters. The molecule has 2 aliphatic heterocycles. The van der Waals surface area contributed by atoms with Crippen LogP contribution in [0.5, 0.6) is 0 Å². The Hall–Kier alpha value is -2.15. The second kappa shape index (κ2) is 8.03. The molecule has 2 fully saturated rings. The summed E-state index contributed by atoms with van der Waals surface area (Å²) in [7, 11) is 0. The number of carbonyl (C=O) groups is 1. The fraction of sp³-hybridized carbons (Fsp3) is 0.632. The smallest absolute Gasteiger partial charge is 0.270 e. The number of hydrogen-bond donors (Lipinski definition) is 1. The number of nitrogens with zero attached hydrogens (tertiary/aromatic N) is 3. The van der Waals surface area contributed by atoms with E-state index >= 15 is 0 Å². The average Bonchev–Trinajstić information content (AvgIpc) is 2.65. The summed E-state index contributed by atoms with van der Waals surface area (Å²) in [5.41, 5.74) is 4.17. The van der Waals surface area contributed by atoms with Gasteiger partial charge in [-0.15, -0.1) is 0 Å². The maximum Gasteiger partial charge on any atom is 0.270 e. The quantitative estimate of drug-likeness (QED) is 0.657. The lowest BCUT2D eigenvalue weighted by atomic mass is 9.99. The van der Waals surface area contributed by atoms with Gasteiger partial charge < -0.3 is 4.90 Å². The van der Waals surface area contributed by atoms with Gasteiger partial charge in [-0.05, 0) is 52.0 Å². The van der Waals surface area contributed by atoms with Gasteiger partial charge >= 0.3 is 0 Å². The summed E-state index contributed by atoms with van der Waals surface area (Å²) in [5.74, 6) is -0.255. The van der Waals surface area contributed by atoms with Gasteiger partial charge in [0.15, 0.2) is 0 Å². The SMILES string of the molecule is CC1CCCC(C)N1NC(=O)c1cc([N+](=O)[O-])ccc1N1CCCCC1. The molecule has 0 bridgehead atoms. The molecule has 2 heterocycles. The molecule has 2 saturated heterocycles. The van der Waals surface area contributed by atoms with Gasteiger partial charge in [-0.25, -0.2) is 5.01 Å². The van der Waals surface area contributed by atoms with Crippen LogP contribution in [0.3, 0.4) is 0 Å². The predicted octanol–water partition coefficient (Wildman–Crippen LogP) is 3.49. The number of carbonyl (C=O) groups excluding carboxylic acids is 1. The summed E-state index contributed by atoms with van der Waals surface area (Å²) in [6, 6.07) is 5.16. The fourth-order valence-corrected chi connectivity index (χ4v) is 4.05. The maximum absolute atomic E-state index is 13.0. The Morgan fingerprint density at radius 2 is 1.77 bits per heavy atom. The molecule has 1 aromatic carbocycles. The van der Waals surface area contributed by atoms with Gasteiger partial charge in [-0.1, -0.05) is 6.42 Å². The highest BCUT2D eigenvalue weighted by Gasteiger charge is 2.28. The summed E-state index contributed by atoms with van der Waals surface area (Å²) in [4.78, 5) is 26.0. The first-order chi connectivity index (χ1) is 12.5. The first-order valence-electron chi connectivity index (χ1n) is 9.60. The van der Waals surface area contributed by atoms with E-state index < -0.39 is 4.92 Å². The van der Waals surface area contributed by atoms with E-state index in [4.69, 9.17) is 0 Å². The van der Waals surface area contributed by atoms with E-state index in [1.54, 1.807) is 6.07 Å². The molecule has 1 N–H and O–H groups in total. The zero-order valence-corrected chi connectivity index (χ0v) is 15.6. The van der Waals surface area contributed by atoms with Crippen molar-refractivity contribution in [1.29, 1.82) is 0 Å². The minimum atomic E-state index is -0.442. The highest BCUT2D eigenvalue weighted by molar-refractivity contribution is 6.00. The normalized spacial score (nSPS) is 24.3. The van der Waals surface area contributed by atoms with Crippen molar-refractivity contribution in [2.75, 3.05) is 18.0 Å². The fourth-order valence-electron chi connectivity index (χ4n) is 4.05. The molecule has 2 aliphatic rings. The monoisotopic (exact) mass is 360 g/mol. The lowest BCUT2D eigenvalue weighted by Crippen LogP contribution is -2.54. The van der Waals surface area contributed by atoms with Crippen molar-refractivity contribution in [3.8, 4) is 0 Å². The number of rotatable bonds is 4. The largest absolute Gasteiger partial charge is 0.371 e. The second-order valence-corrected chi connectivity index (χ2v) is 7.48. The molecule has 2 unspecified atom stereocenters. The Morgan fingerprint density at radius 1 is 1.12 bits per heavy atom. The standard InChI is InChI=1S/C19H28N4O3/c1-14-7-6-8-15(2)22(14)20-19(24)17-13-16(23(25)26)9-10-18(17)21-11-4-3-5-12-21/h9-10,13-15H,3-8,11-12H2,1-2H3,(H,20,24). The van der Waals surface area contributed by atoms with Crippen LogP contribution in [0.15, 0.2) is 18.2 Å². The molecule has 0 radical (unpaired) electrons. The van der Waals surface area contributed by atoms with Gasteiger partial charge in [0.1, 0.15) is 0 Å². The number of piperidine rings is 2. The van der Waals surface area contributed by atoms with Crippen molar-refractivity contribution >= 4 is 17.3 Å². The average molecular weight is 360 g/mol. The van der Waals surface area contributed by atoms with Crippen molar-refractivity contribution in [2.24, 2.45) is 0 Å². The lowest BCUT2D eigenvalue weighted by molar-refractivity contribution is -0.384. The van der Waals surface area contributed by atoms with Gasteiger partial charge in [-0.2, -0.15) is 0 Å². The zero-order valence-electron chi connectivity index (χ0n) is 15.6. The third-order valence-electron chi connectivity index (χ3n) is 5.56. The highest BCUT2D eigenvalue weighted by Crippen LogP contribution is 2.29. The Labute approximate surface area is 154 Å². The number of amides is 1. The van der Waals surface area contributed by atoms with Crippen LogP contribution < -0.4 is 10.3 Å². The van der Waals surface area contributed by atoms with Crippen LogP contribution >= 0.6 is 0 Å². The van der Waals surface area contributed by atoms with Crippen LogP contribution in [0.4, 0.5) is 11.4 Å². The van der Waals surface area contributed by atoms with Gasteiger partial charge in [0.05, 0.1) is 16.2 Å². The van der Waals surface area contributed by atoms with Gasteiger partial charge in [0, 0.05) is 37.3 Å².